The zero-order valence-electron chi connectivity index (χ0n) is 25.8. The fraction of sp³-hybridized carbons (Fsp3) is 0.906. The van der Waals surface area contributed by atoms with Crippen LogP contribution in [0.4, 0.5) is 0 Å². The number of amides is 1. The molecule has 0 rings (SSSR count). The zero-order valence-corrected chi connectivity index (χ0v) is 25.8. The maximum Gasteiger partial charge on any atom is 0.306 e. The normalized spacial score (nSPS) is 11.7. The number of carbonyl (C=O) groups is 2. The van der Waals surface area contributed by atoms with Crippen molar-refractivity contribution in [2.24, 2.45) is 22.4 Å². The Morgan fingerprint density at radius 3 is 1.62 bits per heavy atom. The zero-order chi connectivity index (χ0) is 28.8. The quantitative estimate of drug-likeness (QED) is 0.0383. The van der Waals surface area contributed by atoms with Crippen molar-refractivity contribution >= 4 is 17.8 Å². The van der Waals surface area contributed by atoms with Gasteiger partial charge in [-0.3, -0.25) is 14.6 Å². The van der Waals surface area contributed by atoms with E-state index >= 15 is 0 Å². The highest BCUT2D eigenvalue weighted by Gasteiger charge is 2.22. The molecule has 0 aromatic heterocycles. The number of rotatable bonds is 29. The third kappa shape index (κ3) is 27.6. The lowest BCUT2D eigenvalue weighted by Gasteiger charge is -2.16. The van der Waals surface area contributed by atoms with Crippen LogP contribution in [-0.4, -0.2) is 37.5 Å². The molecule has 0 heterocycles. The van der Waals surface area contributed by atoms with Crippen molar-refractivity contribution in [1.29, 1.82) is 0 Å². The number of ether oxygens (including phenoxy) is 1. The first kappa shape index (κ1) is 37.2. The largest absolute Gasteiger partial charge is 0.466 e. The number of hydrogen-bond donors (Lipinski definition) is 3. The smallest absolute Gasteiger partial charge is 0.306 e. The van der Waals surface area contributed by atoms with Crippen LogP contribution in [0.2, 0.25) is 0 Å². The molecule has 0 aliphatic carbocycles. The Bertz CT molecular complexity index is 594. The van der Waals surface area contributed by atoms with Gasteiger partial charge in [-0.1, -0.05) is 129 Å². The first-order valence-electron chi connectivity index (χ1n) is 16.5. The van der Waals surface area contributed by atoms with E-state index in [2.05, 4.69) is 24.2 Å². The van der Waals surface area contributed by atoms with E-state index in [9.17, 15) is 9.59 Å². The van der Waals surface area contributed by atoms with Crippen molar-refractivity contribution < 1.29 is 14.3 Å². The van der Waals surface area contributed by atoms with E-state index in [1.165, 1.54) is 103 Å². The molecule has 0 saturated carbocycles. The molecule has 1 atom stereocenters. The predicted octanol–water partition coefficient (Wildman–Crippen LogP) is 7.55. The van der Waals surface area contributed by atoms with E-state index < -0.39 is 5.92 Å². The van der Waals surface area contributed by atoms with Gasteiger partial charge in [0.1, 0.15) is 0 Å². The number of nitrogens with zero attached hydrogens (tertiary/aromatic N) is 1. The number of carbonyl (C=O) groups excluding carboxylic acids is 2. The maximum atomic E-state index is 12.8. The molecule has 0 aromatic rings. The second kappa shape index (κ2) is 29.2. The van der Waals surface area contributed by atoms with Crippen LogP contribution in [0.1, 0.15) is 162 Å². The molecule has 0 bridgehead atoms. The van der Waals surface area contributed by atoms with Crippen LogP contribution >= 0.6 is 0 Å². The lowest BCUT2D eigenvalue weighted by Crippen LogP contribution is -2.33. The molecule has 0 saturated heterocycles. The molecule has 230 valence electrons. The Morgan fingerprint density at radius 2 is 1.13 bits per heavy atom. The summed E-state index contributed by atoms with van der Waals surface area (Å²) >= 11 is 0. The summed E-state index contributed by atoms with van der Waals surface area (Å²) < 4.78 is 5.47. The van der Waals surface area contributed by atoms with Gasteiger partial charge in [-0.2, -0.15) is 0 Å². The second-order valence-corrected chi connectivity index (χ2v) is 11.2. The van der Waals surface area contributed by atoms with Gasteiger partial charge in [0.2, 0.25) is 5.91 Å². The number of unbranched alkanes of at least 4 members (excludes halogenated alkanes) is 18. The molecule has 1 amide bonds. The van der Waals surface area contributed by atoms with Crippen LogP contribution in [0.5, 0.6) is 0 Å². The second-order valence-electron chi connectivity index (χ2n) is 11.2. The molecule has 7 nitrogen and oxygen atoms in total. The third-order valence-corrected chi connectivity index (χ3v) is 7.38. The van der Waals surface area contributed by atoms with Crippen LogP contribution in [0, 0.1) is 5.92 Å². The summed E-state index contributed by atoms with van der Waals surface area (Å²) in [6, 6.07) is 0. The Kier molecular flexibility index (Phi) is 27.9. The SMILES string of the molecule is CCCCCCCCCCCCCCCCOC(=O)C[C@@H](CCCN=C(N)N)C(=O)NCCCCCCCC. The van der Waals surface area contributed by atoms with Gasteiger partial charge < -0.3 is 21.5 Å². The highest BCUT2D eigenvalue weighted by Crippen LogP contribution is 2.15. The Morgan fingerprint density at radius 1 is 0.667 bits per heavy atom. The van der Waals surface area contributed by atoms with Gasteiger partial charge in [-0.25, -0.2) is 0 Å². The Labute approximate surface area is 241 Å². The maximum absolute atomic E-state index is 12.8. The first-order valence-corrected chi connectivity index (χ1v) is 16.5. The van der Waals surface area contributed by atoms with Crippen molar-refractivity contribution in [3.63, 3.8) is 0 Å². The van der Waals surface area contributed by atoms with Gasteiger partial charge in [-0.05, 0) is 25.7 Å². The molecule has 39 heavy (non-hydrogen) atoms. The fourth-order valence-electron chi connectivity index (χ4n) is 4.88. The van der Waals surface area contributed by atoms with Crippen LogP contribution in [-0.2, 0) is 14.3 Å². The van der Waals surface area contributed by atoms with Gasteiger partial charge in [-0.15, -0.1) is 0 Å². The van der Waals surface area contributed by atoms with E-state index in [0.717, 1.165) is 25.7 Å². The van der Waals surface area contributed by atoms with Gasteiger partial charge in [0, 0.05) is 19.0 Å². The molecule has 0 aromatic carbocycles. The van der Waals surface area contributed by atoms with Crippen molar-refractivity contribution in [3.05, 3.63) is 0 Å². The number of guanidine groups is 1. The Balaban J connectivity index is 3.98. The minimum Gasteiger partial charge on any atom is -0.466 e. The molecule has 0 aliphatic rings. The molecule has 0 aliphatic heterocycles. The summed E-state index contributed by atoms with van der Waals surface area (Å²) in [7, 11) is 0. The van der Waals surface area contributed by atoms with Crippen molar-refractivity contribution in [3.8, 4) is 0 Å². The Hall–Kier alpha value is -1.79. The van der Waals surface area contributed by atoms with E-state index in [-0.39, 0.29) is 24.3 Å². The molecule has 7 heteroatoms. The minimum atomic E-state index is -0.400. The van der Waals surface area contributed by atoms with Gasteiger partial charge in [0.25, 0.3) is 0 Å². The molecule has 0 spiro atoms. The average molecular weight is 553 g/mol. The van der Waals surface area contributed by atoms with Gasteiger partial charge in [0.05, 0.1) is 13.0 Å². The lowest BCUT2D eigenvalue weighted by molar-refractivity contribution is -0.147. The summed E-state index contributed by atoms with van der Waals surface area (Å²) in [6.07, 6.45) is 26.5. The topological polar surface area (TPSA) is 120 Å². The van der Waals surface area contributed by atoms with E-state index in [1.54, 1.807) is 0 Å². The number of nitrogens with one attached hydrogen (secondary N) is 1. The first-order chi connectivity index (χ1) is 19.0. The fourth-order valence-corrected chi connectivity index (χ4v) is 4.88. The van der Waals surface area contributed by atoms with E-state index in [0.29, 0.717) is 32.5 Å². The standard InChI is InChI=1S/C32H64N4O3/c1-3-5-7-9-11-12-13-14-15-16-17-18-20-22-27-39-30(37)28-29(24-23-26-36-32(33)34)31(38)35-25-21-19-10-8-6-4-2/h29H,3-28H2,1-2H3,(H,35,38)(H4,33,34,36)/t29-/m1/s1. The molecule has 0 unspecified atom stereocenters. The van der Waals surface area contributed by atoms with Crippen LogP contribution in [0.3, 0.4) is 0 Å². The number of hydrogen-bond acceptors (Lipinski definition) is 4. The van der Waals surface area contributed by atoms with Crippen molar-refractivity contribution in [2.45, 2.75) is 162 Å². The number of aliphatic imine (C=N–C) groups is 1. The lowest BCUT2D eigenvalue weighted by atomic mass is 9.98. The highest BCUT2D eigenvalue weighted by molar-refractivity contribution is 5.83. The predicted molar refractivity (Wildman–Crippen MR) is 166 cm³/mol. The number of nitrogens with two attached hydrogens (primary N) is 2. The molecular formula is C32H64N4O3. The monoisotopic (exact) mass is 552 g/mol. The average Bonchev–Trinajstić information content (AvgIpc) is 2.91. The molecular weight excluding hydrogens is 488 g/mol. The van der Waals surface area contributed by atoms with Crippen LogP contribution in [0.15, 0.2) is 4.99 Å². The summed E-state index contributed by atoms with van der Waals surface area (Å²) in [5.74, 6) is -0.706. The van der Waals surface area contributed by atoms with E-state index in [4.69, 9.17) is 16.2 Å². The van der Waals surface area contributed by atoms with Gasteiger partial charge in [0.15, 0.2) is 5.96 Å². The molecule has 0 fully saturated rings. The summed E-state index contributed by atoms with van der Waals surface area (Å²) in [5, 5.41) is 3.02. The van der Waals surface area contributed by atoms with Crippen LogP contribution < -0.4 is 16.8 Å². The highest BCUT2D eigenvalue weighted by atomic mass is 16.5. The summed E-state index contributed by atoms with van der Waals surface area (Å²) in [4.78, 5) is 29.2. The molecule has 5 N–H and O–H groups in total. The van der Waals surface area contributed by atoms with Crippen LogP contribution in [0.25, 0.3) is 0 Å². The summed E-state index contributed by atoms with van der Waals surface area (Å²) in [6.45, 7) is 6.03. The minimum absolute atomic E-state index is 0.0478. The van der Waals surface area contributed by atoms with Crippen molar-refractivity contribution in [1.82, 2.24) is 5.32 Å². The number of esters is 1. The summed E-state index contributed by atoms with van der Waals surface area (Å²) in [5.41, 5.74) is 10.8. The third-order valence-electron chi connectivity index (χ3n) is 7.38. The van der Waals surface area contributed by atoms with Gasteiger partial charge >= 0.3 is 5.97 Å². The molecule has 0 radical (unpaired) electrons. The van der Waals surface area contributed by atoms with E-state index in [1.807, 2.05) is 0 Å². The van der Waals surface area contributed by atoms with Crippen molar-refractivity contribution in [2.75, 3.05) is 19.7 Å².